The first-order valence-electron chi connectivity index (χ1n) is 5.19. The second-order valence-electron chi connectivity index (χ2n) is 3.73. The maximum Gasteiger partial charge on any atom is 0.0605 e. The van der Waals surface area contributed by atoms with Crippen molar-refractivity contribution in [2.45, 2.75) is 13.0 Å². The molecule has 1 aromatic rings. The third-order valence-electron chi connectivity index (χ3n) is 2.44. The van der Waals surface area contributed by atoms with Crippen molar-refractivity contribution in [1.29, 1.82) is 0 Å². The van der Waals surface area contributed by atoms with E-state index in [0.717, 1.165) is 5.56 Å². The number of hydrogen-bond donors (Lipinski definition) is 1. The fraction of sp³-hybridized carbons (Fsp3) is 0.385. The predicted molar refractivity (Wildman–Crippen MR) is 67.5 cm³/mol. The molecule has 0 aliphatic rings. The third-order valence-corrected chi connectivity index (χ3v) is 2.77. The van der Waals surface area contributed by atoms with Gasteiger partial charge in [-0.2, -0.15) is 0 Å². The molecule has 0 heterocycles. The first-order chi connectivity index (χ1) is 7.65. The van der Waals surface area contributed by atoms with Crippen molar-refractivity contribution >= 4 is 11.6 Å². The van der Waals surface area contributed by atoms with Gasteiger partial charge in [-0.05, 0) is 26.1 Å². The monoisotopic (exact) mass is 237 g/mol. The molecular formula is C13H16ClNO. The molecule has 0 saturated carbocycles. The Kier molecular flexibility index (Phi) is 5.34. The van der Waals surface area contributed by atoms with Crippen molar-refractivity contribution < 1.29 is 5.11 Å². The largest absolute Gasteiger partial charge is 0.395 e. The molecule has 0 saturated heterocycles. The number of likely N-dealkylation sites (N-methyl/N-ethyl adjacent to an activating group) is 1. The summed E-state index contributed by atoms with van der Waals surface area (Å²) in [6, 6.07) is 7.64. The standard InChI is InChI=1S/C13H16ClNO/c1-11(10-16)15(2)9-5-7-12-6-3-4-8-13(12)14/h3-4,6,8,11,16H,9-10H2,1-2H3. The molecule has 0 radical (unpaired) electrons. The van der Waals surface area contributed by atoms with Gasteiger partial charge in [-0.3, -0.25) is 4.90 Å². The molecule has 0 aliphatic heterocycles. The van der Waals surface area contributed by atoms with Crippen molar-refractivity contribution in [3.05, 3.63) is 34.9 Å². The van der Waals surface area contributed by atoms with E-state index in [1.165, 1.54) is 0 Å². The summed E-state index contributed by atoms with van der Waals surface area (Å²) in [6.07, 6.45) is 0. The molecule has 1 N–H and O–H groups in total. The summed E-state index contributed by atoms with van der Waals surface area (Å²) in [6.45, 7) is 2.72. The summed E-state index contributed by atoms with van der Waals surface area (Å²) in [5.74, 6) is 6.06. The van der Waals surface area contributed by atoms with Crippen LogP contribution in [0.3, 0.4) is 0 Å². The fourth-order valence-corrected chi connectivity index (χ4v) is 1.30. The van der Waals surface area contributed by atoms with Crippen LogP contribution in [0.2, 0.25) is 5.02 Å². The van der Waals surface area contributed by atoms with Gasteiger partial charge in [0.05, 0.1) is 18.2 Å². The Morgan fingerprint density at radius 3 is 2.75 bits per heavy atom. The molecule has 3 heteroatoms. The van der Waals surface area contributed by atoms with Crippen LogP contribution in [0.4, 0.5) is 0 Å². The van der Waals surface area contributed by atoms with E-state index in [-0.39, 0.29) is 12.6 Å². The summed E-state index contributed by atoms with van der Waals surface area (Å²) in [5, 5.41) is 9.63. The minimum atomic E-state index is 0.126. The molecule has 1 aromatic carbocycles. The SMILES string of the molecule is CC(CO)N(C)CC#Cc1ccccc1Cl. The summed E-state index contributed by atoms with van der Waals surface area (Å²) >= 11 is 5.97. The number of rotatable bonds is 3. The van der Waals surface area contributed by atoms with Crippen LogP contribution >= 0.6 is 11.6 Å². The van der Waals surface area contributed by atoms with Gasteiger partial charge in [0, 0.05) is 11.6 Å². The zero-order chi connectivity index (χ0) is 12.0. The second kappa shape index (κ2) is 6.55. The van der Waals surface area contributed by atoms with Gasteiger partial charge in [0.1, 0.15) is 0 Å². The number of aliphatic hydroxyl groups excluding tert-OH is 1. The lowest BCUT2D eigenvalue weighted by atomic mass is 10.2. The Bertz CT molecular complexity index is 394. The van der Waals surface area contributed by atoms with Gasteiger partial charge < -0.3 is 5.11 Å². The predicted octanol–water partition coefficient (Wildman–Crippen LogP) is 2.00. The highest BCUT2D eigenvalue weighted by Gasteiger charge is 2.04. The first-order valence-corrected chi connectivity index (χ1v) is 5.57. The Morgan fingerprint density at radius 1 is 1.44 bits per heavy atom. The van der Waals surface area contributed by atoms with Crippen molar-refractivity contribution in [2.75, 3.05) is 20.2 Å². The topological polar surface area (TPSA) is 23.5 Å². The van der Waals surface area contributed by atoms with Crippen molar-refractivity contribution in [1.82, 2.24) is 4.90 Å². The zero-order valence-electron chi connectivity index (χ0n) is 9.57. The molecule has 0 spiro atoms. The molecule has 86 valence electrons. The van der Waals surface area contributed by atoms with Crippen molar-refractivity contribution in [2.24, 2.45) is 0 Å². The average Bonchev–Trinajstić information content (AvgIpc) is 2.30. The second-order valence-corrected chi connectivity index (χ2v) is 4.14. The minimum Gasteiger partial charge on any atom is -0.395 e. The van der Waals surface area contributed by atoms with E-state index in [2.05, 4.69) is 11.8 Å². The van der Waals surface area contributed by atoms with Crippen LogP contribution in [0.15, 0.2) is 24.3 Å². The Balaban J connectivity index is 2.59. The van der Waals surface area contributed by atoms with Crippen LogP contribution in [0.1, 0.15) is 12.5 Å². The van der Waals surface area contributed by atoms with Crippen LogP contribution in [-0.4, -0.2) is 36.2 Å². The van der Waals surface area contributed by atoms with Crippen molar-refractivity contribution in [3.63, 3.8) is 0 Å². The molecule has 0 bridgehead atoms. The molecule has 0 amide bonds. The van der Waals surface area contributed by atoms with E-state index in [1.807, 2.05) is 43.1 Å². The van der Waals surface area contributed by atoms with Gasteiger partial charge in [0.15, 0.2) is 0 Å². The van der Waals surface area contributed by atoms with Gasteiger partial charge >= 0.3 is 0 Å². The number of nitrogens with zero attached hydrogens (tertiary/aromatic N) is 1. The number of hydrogen-bond acceptors (Lipinski definition) is 2. The van der Waals surface area contributed by atoms with E-state index in [9.17, 15) is 0 Å². The normalized spacial score (nSPS) is 12.1. The molecule has 1 atom stereocenters. The zero-order valence-corrected chi connectivity index (χ0v) is 10.3. The van der Waals surface area contributed by atoms with Gasteiger partial charge in [0.2, 0.25) is 0 Å². The maximum absolute atomic E-state index is 8.95. The number of halogens is 1. The van der Waals surface area contributed by atoms with Crippen LogP contribution in [0.5, 0.6) is 0 Å². The first kappa shape index (κ1) is 13.1. The smallest absolute Gasteiger partial charge is 0.0605 e. The van der Waals surface area contributed by atoms with Crippen molar-refractivity contribution in [3.8, 4) is 11.8 Å². The minimum absolute atomic E-state index is 0.126. The molecule has 1 rings (SSSR count). The molecule has 1 unspecified atom stereocenters. The average molecular weight is 238 g/mol. The van der Waals surface area contributed by atoms with Gasteiger partial charge in [-0.1, -0.05) is 35.6 Å². The molecule has 2 nitrogen and oxygen atoms in total. The molecule has 16 heavy (non-hydrogen) atoms. The van der Waals surface area contributed by atoms with Crippen LogP contribution < -0.4 is 0 Å². The van der Waals surface area contributed by atoms with Gasteiger partial charge in [-0.15, -0.1) is 0 Å². The number of aliphatic hydroxyl groups is 1. The lowest BCUT2D eigenvalue weighted by Crippen LogP contribution is -2.32. The number of benzene rings is 1. The molecule has 0 fully saturated rings. The maximum atomic E-state index is 8.95. The lowest BCUT2D eigenvalue weighted by molar-refractivity contribution is 0.171. The van der Waals surface area contributed by atoms with Gasteiger partial charge in [-0.25, -0.2) is 0 Å². The fourth-order valence-electron chi connectivity index (χ4n) is 1.12. The van der Waals surface area contributed by atoms with Crippen LogP contribution in [0, 0.1) is 11.8 Å². The highest BCUT2D eigenvalue weighted by molar-refractivity contribution is 6.31. The summed E-state index contributed by atoms with van der Waals surface area (Å²) in [7, 11) is 1.93. The summed E-state index contributed by atoms with van der Waals surface area (Å²) < 4.78 is 0. The Labute approximate surface area is 102 Å². The summed E-state index contributed by atoms with van der Waals surface area (Å²) in [5.41, 5.74) is 0.842. The Morgan fingerprint density at radius 2 is 2.12 bits per heavy atom. The molecular weight excluding hydrogens is 222 g/mol. The Hall–Kier alpha value is -1.01. The lowest BCUT2D eigenvalue weighted by Gasteiger charge is -2.19. The quantitative estimate of drug-likeness (QED) is 0.813. The highest BCUT2D eigenvalue weighted by atomic mass is 35.5. The van der Waals surface area contributed by atoms with Crippen LogP contribution in [0.25, 0.3) is 0 Å². The van der Waals surface area contributed by atoms with E-state index in [1.54, 1.807) is 0 Å². The molecule has 0 aromatic heterocycles. The third kappa shape index (κ3) is 3.86. The highest BCUT2D eigenvalue weighted by Crippen LogP contribution is 2.12. The summed E-state index contributed by atoms with van der Waals surface area (Å²) in [4.78, 5) is 1.99. The van der Waals surface area contributed by atoms with Gasteiger partial charge in [0.25, 0.3) is 0 Å². The van der Waals surface area contributed by atoms with E-state index < -0.39 is 0 Å². The van der Waals surface area contributed by atoms with E-state index in [4.69, 9.17) is 16.7 Å². The molecule has 0 aliphatic carbocycles. The van der Waals surface area contributed by atoms with E-state index >= 15 is 0 Å². The van der Waals surface area contributed by atoms with Crippen LogP contribution in [-0.2, 0) is 0 Å². The van der Waals surface area contributed by atoms with E-state index in [0.29, 0.717) is 11.6 Å².